The van der Waals surface area contributed by atoms with Crippen LogP contribution in [0.1, 0.15) is 24.2 Å². The molecule has 0 aliphatic carbocycles. The number of halogens is 1. The highest BCUT2D eigenvalue weighted by Gasteiger charge is 2.19. The molecule has 0 bridgehead atoms. The summed E-state index contributed by atoms with van der Waals surface area (Å²) in [7, 11) is 1.59. The summed E-state index contributed by atoms with van der Waals surface area (Å²) in [4.78, 5) is 4.18. The molecule has 0 fully saturated rings. The van der Waals surface area contributed by atoms with Gasteiger partial charge in [-0.25, -0.2) is 4.98 Å². The van der Waals surface area contributed by atoms with Crippen LogP contribution in [-0.2, 0) is 13.0 Å². The summed E-state index contributed by atoms with van der Waals surface area (Å²) in [6.45, 7) is 2.75. The van der Waals surface area contributed by atoms with Gasteiger partial charge in [-0.05, 0) is 18.9 Å². The van der Waals surface area contributed by atoms with E-state index < -0.39 is 0 Å². The van der Waals surface area contributed by atoms with E-state index in [2.05, 4.69) is 15.5 Å². The average Bonchev–Trinajstić information content (AvgIpc) is 2.86. The average molecular weight is 296 g/mol. The first-order valence-corrected chi connectivity index (χ1v) is 6.73. The number of hydrogen-bond acceptors (Lipinski definition) is 5. The van der Waals surface area contributed by atoms with E-state index in [1.165, 1.54) is 0 Å². The van der Waals surface area contributed by atoms with E-state index in [0.29, 0.717) is 17.3 Å². The predicted molar refractivity (Wildman–Crippen MR) is 77.5 cm³/mol. The van der Waals surface area contributed by atoms with Crippen LogP contribution in [0.25, 0.3) is 0 Å². The lowest BCUT2D eigenvalue weighted by Crippen LogP contribution is -2.31. The number of nitrogens with one attached hydrogen (secondary N) is 1. The van der Waals surface area contributed by atoms with Gasteiger partial charge in [-0.15, -0.1) is 0 Å². The smallest absolute Gasteiger partial charge is 0.212 e. The molecule has 0 amide bonds. The Bertz CT molecular complexity index is 554. The lowest BCUT2D eigenvalue weighted by atomic mass is 10.1. The maximum Gasteiger partial charge on any atom is 0.212 e. The van der Waals surface area contributed by atoms with Gasteiger partial charge < -0.3 is 4.74 Å². The molecule has 108 valence electrons. The van der Waals surface area contributed by atoms with Crippen molar-refractivity contribution in [3.63, 3.8) is 0 Å². The molecule has 3 N–H and O–H groups in total. The number of ether oxygens (including phenoxy) is 1. The fraction of sp³-hybridized carbons (Fsp3) is 0.385. The van der Waals surface area contributed by atoms with Gasteiger partial charge in [-0.1, -0.05) is 17.7 Å². The van der Waals surface area contributed by atoms with Crippen molar-refractivity contribution in [2.24, 2.45) is 5.84 Å². The Hall–Kier alpha value is -1.63. The van der Waals surface area contributed by atoms with Gasteiger partial charge >= 0.3 is 0 Å². The van der Waals surface area contributed by atoms with Crippen LogP contribution in [0.5, 0.6) is 5.88 Å². The van der Waals surface area contributed by atoms with Gasteiger partial charge in [0.25, 0.3) is 0 Å². The Morgan fingerprint density at radius 2 is 2.25 bits per heavy atom. The minimum atomic E-state index is -0.125. The van der Waals surface area contributed by atoms with Crippen molar-refractivity contribution >= 4 is 11.6 Å². The molecule has 2 aromatic heterocycles. The molecule has 0 aliphatic rings. The SMILES string of the molecule is CCn1ncc(Cl)c1C(Cc1ccc(OC)nc1)NN. The third kappa shape index (κ3) is 3.09. The molecule has 0 saturated heterocycles. The number of nitrogens with two attached hydrogens (primary N) is 1. The van der Waals surface area contributed by atoms with E-state index >= 15 is 0 Å². The molecule has 6 nitrogen and oxygen atoms in total. The quantitative estimate of drug-likeness (QED) is 0.626. The highest BCUT2D eigenvalue weighted by Crippen LogP contribution is 2.25. The number of aryl methyl sites for hydroxylation is 1. The molecule has 0 aromatic carbocycles. The van der Waals surface area contributed by atoms with E-state index in [9.17, 15) is 0 Å². The molecule has 0 aliphatic heterocycles. The Morgan fingerprint density at radius 3 is 2.80 bits per heavy atom. The van der Waals surface area contributed by atoms with Crippen LogP contribution >= 0.6 is 11.6 Å². The van der Waals surface area contributed by atoms with E-state index in [0.717, 1.165) is 17.8 Å². The second kappa shape index (κ2) is 6.69. The first-order chi connectivity index (χ1) is 9.69. The lowest BCUT2D eigenvalue weighted by molar-refractivity contribution is 0.397. The van der Waals surface area contributed by atoms with Crippen LogP contribution in [-0.4, -0.2) is 21.9 Å². The normalized spacial score (nSPS) is 12.4. The van der Waals surface area contributed by atoms with Crippen LogP contribution in [0.4, 0.5) is 0 Å². The maximum absolute atomic E-state index is 6.20. The fourth-order valence-electron chi connectivity index (χ4n) is 2.09. The highest BCUT2D eigenvalue weighted by molar-refractivity contribution is 6.31. The summed E-state index contributed by atoms with van der Waals surface area (Å²) in [5, 5.41) is 4.83. The molecular formula is C13H18ClN5O. The van der Waals surface area contributed by atoms with Crippen LogP contribution in [0.2, 0.25) is 5.02 Å². The van der Waals surface area contributed by atoms with Gasteiger partial charge in [-0.3, -0.25) is 16.0 Å². The first-order valence-electron chi connectivity index (χ1n) is 6.35. The van der Waals surface area contributed by atoms with E-state index in [4.69, 9.17) is 22.2 Å². The maximum atomic E-state index is 6.20. The molecular weight excluding hydrogens is 278 g/mol. The van der Waals surface area contributed by atoms with E-state index in [-0.39, 0.29) is 6.04 Å². The summed E-state index contributed by atoms with van der Waals surface area (Å²) in [5.41, 5.74) is 4.71. The minimum Gasteiger partial charge on any atom is -0.481 e. The molecule has 2 rings (SSSR count). The standard InChI is InChI=1S/C13H18ClN5O/c1-3-19-13(10(14)8-17-19)11(18-15)6-9-4-5-12(20-2)16-7-9/h4-5,7-8,11,18H,3,6,15H2,1-2H3. The summed E-state index contributed by atoms with van der Waals surface area (Å²) in [6.07, 6.45) is 4.07. The van der Waals surface area contributed by atoms with Crippen LogP contribution in [0.3, 0.4) is 0 Å². The number of hydrogen-bond donors (Lipinski definition) is 2. The molecule has 1 atom stereocenters. The second-order valence-corrected chi connectivity index (χ2v) is 4.73. The predicted octanol–water partition coefficient (Wildman–Crippen LogP) is 1.71. The molecule has 1 unspecified atom stereocenters. The number of pyridine rings is 1. The lowest BCUT2D eigenvalue weighted by Gasteiger charge is -2.18. The van der Waals surface area contributed by atoms with Gasteiger partial charge in [0.15, 0.2) is 0 Å². The van der Waals surface area contributed by atoms with Crippen LogP contribution < -0.4 is 16.0 Å². The summed E-state index contributed by atoms with van der Waals surface area (Å²) >= 11 is 6.20. The van der Waals surface area contributed by atoms with Crippen molar-refractivity contribution in [1.82, 2.24) is 20.2 Å². The van der Waals surface area contributed by atoms with Crippen LogP contribution in [0, 0.1) is 0 Å². The Balaban J connectivity index is 2.21. The third-order valence-electron chi connectivity index (χ3n) is 3.11. The molecule has 0 radical (unpaired) electrons. The van der Waals surface area contributed by atoms with Crippen molar-refractivity contribution < 1.29 is 4.74 Å². The zero-order valence-corrected chi connectivity index (χ0v) is 12.3. The fourth-order valence-corrected chi connectivity index (χ4v) is 2.37. The van der Waals surface area contributed by atoms with Crippen molar-refractivity contribution in [2.45, 2.75) is 25.9 Å². The summed E-state index contributed by atoms with van der Waals surface area (Å²) in [6, 6.07) is 3.65. The zero-order chi connectivity index (χ0) is 14.5. The summed E-state index contributed by atoms with van der Waals surface area (Å²) in [5.74, 6) is 6.25. The number of rotatable bonds is 6. The molecule has 20 heavy (non-hydrogen) atoms. The van der Waals surface area contributed by atoms with Crippen molar-refractivity contribution in [3.05, 3.63) is 40.8 Å². The topological polar surface area (TPSA) is 78.0 Å². The molecule has 2 aromatic rings. The zero-order valence-electron chi connectivity index (χ0n) is 11.5. The Labute approximate surface area is 122 Å². The van der Waals surface area contributed by atoms with Crippen molar-refractivity contribution in [1.29, 1.82) is 0 Å². The monoisotopic (exact) mass is 295 g/mol. The van der Waals surface area contributed by atoms with E-state index in [1.54, 1.807) is 19.5 Å². The van der Waals surface area contributed by atoms with Crippen molar-refractivity contribution in [2.75, 3.05) is 7.11 Å². The third-order valence-corrected chi connectivity index (χ3v) is 3.40. The first kappa shape index (κ1) is 14.8. The number of aromatic nitrogens is 3. The van der Waals surface area contributed by atoms with Gasteiger partial charge in [0.05, 0.1) is 30.1 Å². The van der Waals surface area contributed by atoms with Crippen molar-refractivity contribution in [3.8, 4) is 5.88 Å². The Kier molecular flexibility index (Phi) is 4.94. The number of methoxy groups -OCH3 is 1. The van der Waals surface area contributed by atoms with E-state index in [1.807, 2.05) is 23.7 Å². The number of hydrazine groups is 1. The summed E-state index contributed by atoms with van der Waals surface area (Å²) < 4.78 is 6.88. The second-order valence-electron chi connectivity index (χ2n) is 4.33. The number of nitrogens with zero attached hydrogens (tertiary/aromatic N) is 3. The van der Waals surface area contributed by atoms with Gasteiger partial charge in [-0.2, -0.15) is 5.10 Å². The molecule has 0 saturated carbocycles. The van der Waals surface area contributed by atoms with Gasteiger partial charge in [0.2, 0.25) is 5.88 Å². The molecule has 2 heterocycles. The van der Waals surface area contributed by atoms with Crippen LogP contribution in [0.15, 0.2) is 24.5 Å². The van der Waals surface area contributed by atoms with Gasteiger partial charge in [0.1, 0.15) is 0 Å². The molecule has 7 heteroatoms. The molecule has 0 spiro atoms. The minimum absolute atomic E-state index is 0.125. The van der Waals surface area contributed by atoms with Gasteiger partial charge in [0, 0.05) is 18.8 Å². The Morgan fingerprint density at radius 1 is 1.45 bits per heavy atom. The largest absolute Gasteiger partial charge is 0.481 e. The highest BCUT2D eigenvalue weighted by atomic mass is 35.5.